The number of aliphatic hydroxyl groups is 1. The molecule has 0 saturated heterocycles. The van der Waals surface area contributed by atoms with E-state index in [0.717, 1.165) is 42.8 Å². The van der Waals surface area contributed by atoms with E-state index in [4.69, 9.17) is 25.5 Å². The predicted octanol–water partition coefficient (Wildman–Crippen LogP) is 2.73. The number of benzene rings is 1. The molecule has 22 heteroatoms. The van der Waals surface area contributed by atoms with E-state index < -0.39 is 72.7 Å². The van der Waals surface area contributed by atoms with Crippen LogP contribution in [0.5, 0.6) is 0 Å². The summed E-state index contributed by atoms with van der Waals surface area (Å²) in [6.07, 6.45) is -1.83. The van der Waals surface area contributed by atoms with Crippen molar-refractivity contribution in [2.24, 2.45) is 11.7 Å². The minimum Gasteiger partial charge on any atom is -0.480 e. The Labute approximate surface area is 324 Å². The third-order valence-corrected chi connectivity index (χ3v) is 7.65. The van der Waals surface area contributed by atoms with Gasteiger partial charge >= 0.3 is 30.3 Å². The molecule has 1 heterocycles. The highest BCUT2D eigenvalue weighted by Crippen LogP contribution is 2.14. The van der Waals surface area contributed by atoms with Crippen LogP contribution in [0.1, 0.15) is 69.3 Å². The van der Waals surface area contributed by atoms with Gasteiger partial charge in [-0.25, -0.2) is 19.4 Å². The van der Waals surface area contributed by atoms with Crippen LogP contribution in [0.4, 0.5) is 26.3 Å². The van der Waals surface area contributed by atoms with E-state index in [1.165, 1.54) is 0 Å². The number of carboxylic acids is 3. The normalized spacial score (nSPS) is 12.8. The van der Waals surface area contributed by atoms with E-state index in [-0.39, 0.29) is 25.2 Å². The van der Waals surface area contributed by atoms with Crippen molar-refractivity contribution in [1.82, 2.24) is 25.5 Å². The zero-order valence-corrected chi connectivity index (χ0v) is 31.5. The highest BCUT2D eigenvalue weighted by Gasteiger charge is 2.39. The molecule has 0 aliphatic rings. The lowest BCUT2D eigenvalue weighted by atomic mass is 10.0. The average Bonchev–Trinajstić information content (AvgIpc) is 3.52. The number of imidazole rings is 1. The van der Waals surface area contributed by atoms with Gasteiger partial charge in [0, 0.05) is 18.9 Å². The smallest absolute Gasteiger partial charge is 0.480 e. The molecule has 0 unspecified atom stereocenters. The molecule has 16 nitrogen and oxygen atoms in total. The van der Waals surface area contributed by atoms with Gasteiger partial charge in [0.05, 0.1) is 13.0 Å². The average molecular weight is 829 g/mol. The molecule has 3 atom stereocenters. The molecule has 0 spiro atoms. The Bertz CT molecular complexity index is 1540. The molecule has 0 bridgehead atoms. The van der Waals surface area contributed by atoms with Gasteiger partial charge in [0.15, 0.2) is 0 Å². The van der Waals surface area contributed by atoms with Gasteiger partial charge in [0.2, 0.25) is 17.7 Å². The van der Waals surface area contributed by atoms with E-state index in [1.54, 1.807) is 6.20 Å². The van der Waals surface area contributed by atoms with E-state index >= 15 is 0 Å². The number of amides is 3. The summed E-state index contributed by atoms with van der Waals surface area (Å²) >= 11 is 0. The van der Waals surface area contributed by atoms with Crippen LogP contribution in [-0.2, 0) is 48.2 Å². The van der Waals surface area contributed by atoms with Gasteiger partial charge in [-0.2, -0.15) is 26.3 Å². The van der Waals surface area contributed by atoms with Gasteiger partial charge < -0.3 is 46.7 Å². The number of nitrogens with two attached hydrogens (primary N) is 1. The molecule has 0 radical (unpaired) electrons. The highest BCUT2D eigenvalue weighted by atomic mass is 19.4. The van der Waals surface area contributed by atoms with Crippen LogP contribution < -0.4 is 21.7 Å². The van der Waals surface area contributed by atoms with Crippen molar-refractivity contribution < 1.29 is 75.5 Å². The Morgan fingerprint density at radius 3 is 1.72 bits per heavy atom. The Kier molecular flexibility index (Phi) is 23.4. The SMILES string of the molecule is Cc1nccn1CCCCc1ccc(CC(=O)N[C@@H](CO)C(=O)N[C@@H](CCCCN)C(=O)N[C@@H](CC(C)C)C(=O)O)cc1.O=C(O)C(F)(F)F.O=C(O)C(F)(F)F. The monoisotopic (exact) mass is 828 g/mol. The van der Waals surface area contributed by atoms with Crippen molar-refractivity contribution in [1.29, 1.82) is 0 Å². The third-order valence-electron chi connectivity index (χ3n) is 7.65. The summed E-state index contributed by atoms with van der Waals surface area (Å²) in [5.74, 6) is -7.48. The molecule has 2 rings (SSSR count). The summed E-state index contributed by atoms with van der Waals surface area (Å²) in [5, 5.41) is 41.2. The number of nitrogens with one attached hydrogen (secondary N) is 3. The first-order chi connectivity index (χ1) is 26.4. The van der Waals surface area contributed by atoms with Gasteiger partial charge in [-0.1, -0.05) is 38.1 Å². The third kappa shape index (κ3) is 22.8. The standard InChI is InChI=1S/C31H48N6O6.2C2HF3O2/c1-21(2)18-26(31(42)43)36-29(40)25(9-4-6-14-32)35-30(41)27(20-38)34-28(39)19-24-12-10-23(11-13-24)8-5-7-16-37-17-15-33-22(37)3;2*3-2(4,5)1(6)7/h10-13,15,17,21,25-27,38H,4-9,14,16,18-20,32H2,1-3H3,(H,34,39)(H,35,41)(H,36,40)(H,42,43);2*(H,6,7)/t25-,26-,27-;;/m0../s1. The van der Waals surface area contributed by atoms with Crippen LogP contribution in [0.25, 0.3) is 0 Å². The summed E-state index contributed by atoms with van der Waals surface area (Å²) < 4.78 is 65.6. The zero-order valence-electron chi connectivity index (χ0n) is 31.5. The van der Waals surface area contributed by atoms with Crippen LogP contribution in [0.3, 0.4) is 0 Å². The molecule has 322 valence electrons. The molecule has 1 aromatic carbocycles. The van der Waals surface area contributed by atoms with Crippen molar-refractivity contribution in [2.45, 2.75) is 109 Å². The summed E-state index contributed by atoms with van der Waals surface area (Å²) in [7, 11) is 0. The van der Waals surface area contributed by atoms with E-state index in [1.807, 2.05) is 51.2 Å². The summed E-state index contributed by atoms with van der Waals surface area (Å²) in [6.45, 7) is 6.32. The first-order valence-electron chi connectivity index (χ1n) is 17.5. The second-order valence-corrected chi connectivity index (χ2v) is 12.9. The number of halogens is 6. The highest BCUT2D eigenvalue weighted by molar-refractivity contribution is 5.93. The lowest BCUT2D eigenvalue weighted by Gasteiger charge is -2.24. The number of alkyl halides is 6. The number of nitrogens with zero attached hydrogens (tertiary/aromatic N) is 2. The summed E-state index contributed by atoms with van der Waals surface area (Å²) in [4.78, 5) is 72.3. The molecule has 3 amide bonds. The molecule has 0 aliphatic carbocycles. The topological polar surface area (TPSA) is 263 Å². The fourth-order valence-corrected chi connectivity index (χ4v) is 4.70. The van der Waals surface area contributed by atoms with Gasteiger partial charge in [-0.15, -0.1) is 0 Å². The molecule has 9 N–H and O–H groups in total. The minimum atomic E-state index is -5.08. The van der Waals surface area contributed by atoms with E-state index in [2.05, 4.69) is 25.5 Å². The van der Waals surface area contributed by atoms with E-state index in [0.29, 0.717) is 19.4 Å². The second kappa shape index (κ2) is 25.8. The fraction of sp³-hybridized carbons (Fsp3) is 0.571. The quantitative estimate of drug-likeness (QED) is 0.0708. The van der Waals surface area contributed by atoms with Crippen molar-refractivity contribution in [3.05, 3.63) is 53.6 Å². The van der Waals surface area contributed by atoms with Crippen LogP contribution >= 0.6 is 0 Å². The molecule has 2 aromatic rings. The maximum atomic E-state index is 13.0. The largest absolute Gasteiger partial charge is 0.490 e. The van der Waals surface area contributed by atoms with Crippen LogP contribution in [0.15, 0.2) is 36.7 Å². The first-order valence-corrected chi connectivity index (χ1v) is 17.5. The zero-order chi connectivity index (χ0) is 43.9. The molecular formula is C35H50F6N6O10. The van der Waals surface area contributed by atoms with Crippen molar-refractivity contribution in [3.8, 4) is 0 Å². The number of aromatic nitrogens is 2. The van der Waals surface area contributed by atoms with Gasteiger partial charge in [-0.3, -0.25) is 14.4 Å². The number of hydrogen-bond acceptors (Lipinski definition) is 9. The number of hydrogen-bond donors (Lipinski definition) is 8. The Hall–Kier alpha value is -5.25. The molecule has 0 aliphatic heterocycles. The lowest BCUT2D eigenvalue weighted by molar-refractivity contribution is -0.193. The second-order valence-electron chi connectivity index (χ2n) is 12.9. The molecule has 0 saturated carbocycles. The maximum Gasteiger partial charge on any atom is 0.490 e. The first kappa shape index (κ1) is 51.8. The molecule has 0 fully saturated rings. The number of carbonyl (C=O) groups excluding carboxylic acids is 3. The van der Waals surface area contributed by atoms with E-state index in [9.17, 15) is 55.7 Å². The Morgan fingerprint density at radius 2 is 1.28 bits per heavy atom. The Balaban J connectivity index is 0.00000189. The molecule has 1 aromatic heterocycles. The van der Waals surface area contributed by atoms with Crippen LogP contribution in [0.2, 0.25) is 0 Å². The summed E-state index contributed by atoms with van der Waals surface area (Å²) in [6, 6.07) is 4.28. The molecule has 57 heavy (non-hydrogen) atoms. The predicted molar refractivity (Wildman–Crippen MR) is 190 cm³/mol. The van der Waals surface area contributed by atoms with Crippen LogP contribution in [0, 0.1) is 12.8 Å². The van der Waals surface area contributed by atoms with Crippen molar-refractivity contribution in [2.75, 3.05) is 13.2 Å². The number of aryl methyl sites for hydroxylation is 3. The minimum absolute atomic E-state index is 0.0138. The number of rotatable bonds is 20. The summed E-state index contributed by atoms with van der Waals surface area (Å²) in [5.41, 5.74) is 7.49. The van der Waals surface area contributed by atoms with Crippen molar-refractivity contribution in [3.63, 3.8) is 0 Å². The lowest BCUT2D eigenvalue weighted by Crippen LogP contribution is -2.56. The van der Waals surface area contributed by atoms with Gasteiger partial charge in [0.1, 0.15) is 23.9 Å². The number of carboxylic acid groups (broad SMARTS) is 3. The number of unbranched alkanes of at least 4 members (excludes halogenated alkanes) is 2. The van der Waals surface area contributed by atoms with Crippen molar-refractivity contribution >= 4 is 35.6 Å². The molecular weight excluding hydrogens is 778 g/mol. The number of aliphatic carboxylic acids is 3. The Morgan fingerprint density at radius 1 is 0.772 bits per heavy atom. The van der Waals surface area contributed by atoms with Gasteiger partial charge in [-0.05, 0) is 75.5 Å². The number of carbonyl (C=O) groups is 6. The van der Waals surface area contributed by atoms with Gasteiger partial charge in [0.25, 0.3) is 0 Å². The fourth-order valence-electron chi connectivity index (χ4n) is 4.70. The van der Waals surface area contributed by atoms with Crippen LogP contribution in [-0.4, -0.2) is 109 Å². The maximum absolute atomic E-state index is 13.0. The number of aliphatic hydroxyl groups excluding tert-OH is 1.